The monoisotopic (exact) mass is 486 g/mol. The Bertz CT molecular complexity index is 1430. The Balaban J connectivity index is 1.40. The Hall–Kier alpha value is -3.51. The summed E-state index contributed by atoms with van der Waals surface area (Å²) in [4.78, 5) is 43.0. The molecule has 0 unspecified atom stereocenters. The molecule has 3 heterocycles. The zero-order valence-corrected chi connectivity index (χ0v) is 19.8. The van der Waals surface area contributed by atoms with Crippen molar-refractivity contribution >= 4 is 32.7 Å². The number of hydrogen-bond donors (Lipinski definition) is 1. The molecule has 0 saturated carbocycles. The lowest BCUT2D eigenvalue weighted by molar-refractivity contribution is -0.132. The van der Waals surface area contributed by atoms with Crippen molar-refractivity contribution in [3.8, 4) is 0 Å². The summed E-state index contributed by atoms with van der Waals surface area (Å²) in [5.74, 6) is -0.340. The highest BCUT2D eigenvalue weighted by molar-refractivity contribution is 7.89. The van der Waals surface area contributed by atoms with E-state index in [2.05, 4.69) is 4.98 Å². The van der Waals surface area contributed by atoms with Gasteiger partial charge in [-0.15, -0.1) is 0 Å². The van der Waals surface area contributed by atoms with Crippen molar-refractivity contribution in [2.45, 2.75) is 24.8 Å². The number of nitrogens with zero attached hydrogens (tertiary/aromatic N) is 5. The minimum atomic E-state index is -3.82. The molecule has 2 N–H and O–H groups in total. The first-order valence-corrected chi connectivity index (χ1v) is 12.2. The van der Waals surface area contributed by atoms with Gasteiger partial charge >= 0.3 is 0 Å². The molecule has 0 spiro atoms. The highest BCUT2D eigenvalue weighted by Gasteiger charge is 2.31. The molecule has 180 valence electrons. The summed E-state index contributed by atoms with van der Waals surface area (Å²) >= 11 is 0. The standard InChI is InChI=1S/C22H26N6O5S/c1-15-24-18-6-4-3-5-17(18)22(31)28(15)8-7-20(29)26-9-11-27(12-10-26)34(32,33)16-13-19(21(23)30)25(2)14-16/h3-6,13-14H,7-12H2,1-2H3,(H2,23,30). The van der Waals surface area contributed by atoms with Crippen LogP contribution in [0.1, 0.15) is 22.7 Å². The number of amides is 2. The third-order valence-corrected chi connectivity index (χ3v) is 7.93. The van der Waals surface area contributed by atoms with Crippen LogP contribution in [0.15, 0.2) is 46.2 Å². The van der Waals surface area contributed by atoms with Gasteiger partial charge in [0.2, 0.25) is 15.9 Å². The molecule has 34 heavy (non-hydrogen) atoms. The predicted octanol–water partition coefficient (Wildman–Crippen LogP) is 0.0655. The van der Waals surface area contributed by atoms with Crippen LogP contribution >= 0.6 is 0 Å². The minimum Gasteiger partial charge on any atom is -0.364 e. The van der Waals surface area contributed by atoms with Crippen molar-refractivity contribution in [3.05, 3.63) is 58.4 Å². The van der Waals surface area contributed by atoms with Gasteiger partial charge in [0.1, 0.15) is 16.4 Å². The van der Waals surface area contributed by atoms with E-state index in [1.165, 1.54) is 25.7 Å². The predicted molar refractivity (Wildman–Crippen MR) is 125 cm³/mol. The van der Waals surface area contributed by atoms with Crippen LogP contribution < -0.4 is 11.3 Å². The molecule has 0 atom stereocenters. The number of para-hydroxylation sites is 1. The van der Waals surface area contributed by atoms with Gasteiger partial charge in [-0.1, -0.05) is 12.1 Å². The molecule has 1 fully saturated rings. The van der Waals surface area contributed by atoms with E-state index in [9.17, 15) is 22.8 Å². The van der Waals surface area contributed by atoms with Crippen LogP contribution in [0.2, 0.25) is 0 Å². The molecule has 0 bridgehead atoms. The summed E-state index contributed by atoms with van der Waals surface area (Å²) in [6.07, 6.45) is 1.46. The Morgan fingerprint density at radius 3 is 2.44 bits per heavy atom. The van der Waals surface area contributed by atoms with E-state index < -0.39 is 15.9 Å². The highest BCUT2D eigenvalue weighted by atomic mass is 32.2. The molecule has 0 radical (unpaired) electrons. The van der Waals surface area contributed by atoms with Gasteiger partial charge < -0.3 is 15.2 Å². The minimum absolute atomic E-state index is 0.0118. The van der Waals surface area contributed by atoms with Crippen LogP contribution in [0.25, 0.3) is 10.9 Å². The van der Waals surface area contributed by atoms with Gasteiger partial charge in [0, 0.05) is 52.4 Å². The number of fused-ring (bicyclic) bond motifs is 1. The van der Waals surface area contributed by atoms with Gasteiger partial charge in [0.15, 0.2) is 0 Å². The smallest absolute Gasteiger partial charge is 0.265 e. The summed E-state index contributed by atoms with van der Waals surface area (Å²) in [5.41, 5.74) is 5.81. The third-order valence-electron chi connectivity index (χ3n) is 6.06. The van der Waals surface area contributed by atoms with Crippen LogP contribution in [0.4, 0.5) is 0 Å². The van der Waals surface area contributed by atoms with Crippen LogP contribution in [0.3, 0.4) is 0 Å². The maximum Gasteiger partial charge on any atom is 0.265 e. The molecule has 1 aromatic carbocycles. The number of carbonyl (C=O) groups excluding carboxylic acids is 2. The summed E-state index contributed by atoms with van der Waals surface area (Å²) in [6, 6.07) is 8.33. The quantitative estimate of drug-likeness (QED) is 0.523. The molecule has 3 aromatic rings. The van der Waals surface area contributed by atoms with Gasteiger partial charge in [-0.2, -0.15) is 4.31 Å². The number of nitrogens with two attached hydrogens (primary N) is 1. The van der Waals surface area contributed by atoms with Crippen molar-refractivity contribution < 1.29 is 18.0 Å². The molecular weight excluding hydrogens is 460 g/mol. The van der Waals surface area contributed by atoms with Gasteiger partial charge in [-0.05, 0) is 25.1 Å². The molecular formula is C22H26N6O5S. The molecule has 1 saturated heterocycles. The summed E-state index contributed by atoms with van der Waals surface area (Å²) in [6.45, 7) is 2.65. The lowest BCUT2D eigenvalue weighted by Gasteiger charge is -2.34. The fourth-order valence-corrected chi connectivity index (χ4v) is 5.65. The number of benzene rings is 1. The van der Waals surface area contributed by atoms with Crippen LogP contribution in [0, 0.1) is 6.92 Å². The number of rotatable bonds is 6. The third kappa shape index (κ3) is 4.33. The highest BCUT2D eigenvalue weighted by Crippen LogP contribution is 2.20. The topological polar surface area (TPSA) is 141 Å². The van der Waals surface area contributed by atoms with Crippen LogP contribution in [0.5, 0.6) is 0 Å². The summed E-state index contributed by atoms with van der Waals surface area (Å²) in [5, 5.41) is 0.500. The van der Waals surface area contributed by atoms with E-state index in [0.29, 0.717) is 16.7 Å². The molecule has 11 nitrogen and oxygen atoms in total. The zero-order valence-electron chi connectivity index (χ0n) is 19.0. The maximum atomic E-state index is 13.0. The van der Waals surface area contributed by atoms with Gasteiger partial charge in [0.25, 0.3) is 11.5 Å². The van der Waals surface area contributed by atoms with Gasteiger partial charge in [0.05, 0.1) is 10.9 Å². The molecule has 1 aliphatic heterocycles. The fraction of sp³-hybridized carbons (Fsp3) is 0.364. The molecule has 2 amide bonds. The lowest BCUT2D eigenvalue weighted by Crippen LogP contribution is -2.50. The Morgan fingerprint density at radius 2 is 1.79 bits per heavy atom. The van der Waals surface area contributed by atoms with E-state index in [4.69, 9.17) is 5.73 Å². The Labute approximate surface area is 196 Å². The van der Waals surface area contributed by atoms with Crippen LogP contribution in [-0.2, 0) is 28.4 Å². The molecule has 2 aromatic heterocycles. The Kier molecular flexibility index (Phi) is 6.28. The Morgan fingerprint density at radius 1 is 1.12 bits per heavy atom. The van der Waals surface area contributed by atoms with Gasteiger partial charge in [-0.3, -0.25) is 19.0 Å². The molecule has 4 rings (SSSR count). The second-order valence-corrected chi connectivity index (χ2v) is 10.1. The van der Waals surface area contributed by atoms with E-state index in [1.54, 1.807) is 37.1 Å². The maximum absolute atomic E-state index is 13.0. The average molecular weight is 487 g/mol. The van der Waals surface area contributed by atoms with Crippen LogP contribution in [-0.4, -0.2) is 69.7 Å². The number of piperazine rings is 1. The summed E-state index contributed by atoms with van der Waals surface area (Å²) < 4.78 is 30.1. The largest absolute Gasteiger partial charge is 0.364 e. The number of hydrogen-bond acceptors (Lipinski definition) is 6. The molecule has 12 heteroatoms. The lowest BCUT2D eigenvalue weighted by atomic mass is 10.2. The SMILES string of the molecule is Cc1nc2ccccc2c(=O)n1CCC(=O)N1CCN(S(=O)(=O)c2cc(C(N)=O)n(C)c2)CC1. The molecule has 1 aliphatic rings. The second kappa shape index (κ2) is 9.03. The van der Waals surface area contributed by atoms with Gasteiger partial charge in [-0.25, -0.2) is 13.4 Å². The molecule has 0 aliphatic carbocycles. The van der Waals surface area contributed by atoms with Crippen molar-refractivity contribution in [1.29, 1.82) is 0 Å². The number of primary amides is 1. The average Bonchev–Trinajstić information content (AvgIpc) is 3.21. The van der Waals surface area contributed by atoms with E-state index in [1.807, 2.05) is 6.07 Å². The number of sulfonamides is 1. The van der Waals surface area contributed by atoms with Crippen molar-refractivity contribution in [1.82, 2.24) is 23.3 Å². The van der Waals surface area contributed by atoms with Crippen molar-refractivity contribution in [2.75, 3.05) is 26.2 Å². The zero-order chi connectivity index (χ0) is 24.6. The van der Waals surface area contributed by atoms with Crippen molar-refractivity contribution in [3.63, 3.8) is 0 Å². The normalized spacial score (nSPS) is 15.1. The number of carbonyl (C=O) groups is 2. The van der Waals surface area contributed by atoms with Crippen molar-refractivity contribution in [2.24, 2.45) is 12.8 Å². The first kappa shape index (κ1) is 23.6. The first-order chi connectivity index (χ1) is 16.1. The van der Waals surface area contributed by atoms with E-state index in [0.717, 1.165) is 0 Å². The summed E-state index contributed by atoms with van der Waals surface area (Å²) in [7, 11) is -2.27. The number of aromatic nitrogens is 3. The van der Waals surface area contributed by atoms with E-state index in [-0.39, 0.29) is 61.2 Å². The first-order valence-electron chi connectivity index (χ1n) is 10.8. The fourth-order valence-electron chi connectivity index (χ4n) is 4.16. The van der Waals surface area contributed by atoms with E-state index >= 15 is 0 Å². The number of aryl methyl sites for hydroxylation is 2. The second-order valence-electron chi connectivity index (χ2n) is 8.20.